The number of hydroxylamine groups is 2. The van der Waals surface area contributed by atoms with Gasteiger partial charge < -0.3 is 4.84 Å². The Labute approximate surface area is 89.0 Å². The van der Waals surface area contributed by atoms with Gasteiger partial charge in [-0.2, -0.15) is 0 Å². The lowest BCUT2D eigenvalue weighted by atomic mass is 10.1. The van der Waals surface area contributed by atoms with Crippen LogP contribution < -0.4 is 4.84 Å². The van der Waals surface area contributed by atoms with Gasteiger partial charge in [0.25, 0.3) is 0 Å². The monoisotopic (exact) mass is 199 g/mol. The van der Waals surface area contributed by atoms with E-state index in [1.807, 2.05) is 11.1 Å². The standard InChI is InChI=1S/C13H13NO/c1-2-5-12-10-13(7-6-11(12)4-1)15-14-8-3-9-14/h1-2,4-7,10H,3,8-9H2. The Morgan fingerprint density at radius 2 is 1.73 bits per heavy atom. The number of nitrogens with zero attached hydrogens (tertiary/aromatic N) is 1. The third kappa shape index (κ3) is 1.68. The third-order valence-electron chi connectivity index (χ3n) is 2.77. The van der Waals surface area contributed by atoms with Crippen molar-refractivity contribution in [3.8, 4) is 5.75 Å². The molecular formula is C13H13NO. The molecule has 0 saturated carbocycles. The SMILES string of the molecule is c1ccc2cc(ON3CCC3)ccc2c1. The maximum atomic E-state index is 5.69. The summed E-state index contributed by atoms with van der Waals surface area (Å²) in [5.74, 6) is 0.938. The summed E-state index contributed by atoms with van der Waals surface area (Å²) in [6, 6.07) is 14.5. The van der Waals surface area contributed by atoms with Gasteiger partial charge in [-0.1, -0.05) is 30.3 Å². The smallest absolute Gasteiger partial charge is 0.148 e. The summed E-state index contributed by atoms with van der Waals surface area (Å²) in [6.45, 7) is 2.10. The highest BCUT2D eigenvalue weighted by Gasteiger charge is 2.15. The summed E-state index contributed by atoms with van der Waals surface area (Å²) < 4.78 is 0. The van der Waals surface area contributed by atoms with E-state index >= 15 is 0 Å². The lowest BCUT2D eigenvalue weighted by Gasteiger charge is -2.29. The normalized spacial score (nSPS) is 16.3. The number of fused-ring (bicyclic) bond motifs is 1. The zero-order valence-electron chi connectivity index (χ0n) is 8.52. The van der Waals surface area contributed by atoms with E-state index in [0.717, 1.165) is 18.8 Å². The van der Waals surface area contributed by atoms with Gasteiger partial charge in [0.2, 0.25) is 0 Å². The Bertz CT molecular complexity index is 477. The summed E-state index contributed by atoms with van der Waals surface area (Å²) in [5.41, 5.74) is 0. The topological polar surface area (TPSA) is 12.5 Å². The van der Waals surface area contributed by atoms with E-state index in [4.69, 9.17) is 4.84 Å². The van der Waals surface area contributed by atoms with Crippen molar-refractivity contribution in [2.75, 3.05) is 13.1 Å². The van der Waals surface area contributed by atoms with Crippen LogP contribution >= 0.6 is 0 Å². The van der Waals surface area contributed by atoms with Crippen LogP contribution in [0.3, 0.4) is 0 Å². The Morgan fingerprint density at radius 1 is 0.933 bits per heavy atom. The Morgan fingerprint density at radius 3 is 2.47 bits per heavy atom. The van der Waals surface area contributed by atoms with Crippen LogP contribution in [0.4, 0.5) is 0 Å². The molecule has 0 N–H and O–H groups in total. The van der Waals surface area contributed by atoms with Gasteiger partial charge in [-0.15, -0.1) is 5.06 Å². The molecule has 3 rings (SSSR count). The molecule has 1 aliphatic heterocycles. The van der Waals surface area contributed by atoms with Crippen molar-refractivity contribution in [2.24, 2.45) is 0 Å². The molecule has 1 fully saturated rings. The first-order chi connectivity index (χ1) is 7.42. The predicted molar refractivity (Wildman–Crippen MR) is 60.8 cm³/mol. The van der Waals surface area contributed by atoms with Gasteiger partial charge >= 0.3 is 0 Å². The molecule has 15 heavy (non-hydrogen) atoms. The molecule has 0 aliphatic carbocycles. The van der Waals surface area contributed by atoms with Gasteiger partial charge in [-0.05, 0) is 29.3 Å². The first-order valence-corrected chi connectivity index (χ1v) is 5.33. The Kier molecular flexibility index (Phi) is 2.07. The minimum Gasteiger partial charge on any atom is -0.406 e. The predicted octanol–water partition coefficient (Wildman–Crippen LogP) is 2.84. The van der Waals surface area contributed by atoms with Crippen molar-refractivity contribution in [1.29, 1.82) is 0 Å². The van der Waals surface area contributed by atoms with E-state index in [1.54, 1.807) is 0 Å². The molecule has 2 heteroatoms. The highest BCUT2D eigenvalue weighted by Crippen LogP contribution is 2.22. The Hall–Kier alpha value is -1.54. The summed E-state index contributed by atoms with van der Waals surface area (Å²) >= 11 is 0. The fraction of sp³-hybridized carbons (Fsp3) is 0.231. The molecule has 76 valence electrons. The van der Waals surface area contributed by atoms with E-state index in [-0.39, 0.29) is 0 Å². The Balaban J connectivity index is 1.91. The van der Waals surface area contributed by atoms with Crippen molar-refractivity contribution in [2.45, 2.75) is 6.42 Å². The van der Waals surface area contributed by atoms with Gasteiger partial charge in [-0.25, -0.2) is 0 Å². The number of rotatable bonds is 2. The second-order valence-corrected chi connectivity index (χ2v) is 3.88. The second-order valence-electron chi connectivity index (χ2n) is 3.88. The molecule has 2 aromatic carbocycles. The number of hydrogen-bond donors (Lipinski definition) is 0. The van der Waals surface area contributed by atoms with Crippen LogP contribution in [0, 0.1) is 0 Å². The van der Waals surface area contributed by atoms with Gasteiger partial charge in [0.1, 0.15) is 5.75 Å². The molecule has 1 aliphatic rings. The van der Waals surface area contributed by atoms with Crippen LogP contribution in [0.5, 0.6) is 5.75 Å². The zero-order chi connectivity index (χ0) is 10.1. The maximum Gasteiger partial charge on any atom is 0.148 e. The molecular weight excluding hydrogens is 186 g/mol. The van der Waals surface area contributed by atoms with Crippen LogP contribution in [0.2, 0.25) is 0 Å². The summed E-state index contributed by atoms with van der Waals surface area (Å²) in [5, 5.41) is 4.48. The molecule has 0 aromatic heterocycles. The zero-order valence-corrected chi connectivity index (χ0v) is 8.52. The lowest BCUT2D eigenvalue weighted by molar-refractivity contribution is -0.107. The molecule has 0 radical (unpaired) electrons. The van der Waals surface area contributed by atoms with Crippen molar-refractivity contribution >= 4 is 10.8 Å². The minimum atomic E-state index is 0.938. The molecule has 0 atom stereocenters. The number of benzene rings is 2. The minimum absolute atomic E-state index is 0.938. The van der Waals surface area contributed by atoms with E-state index in [1.165, 1.54) is 17.2 Å². The van der Waals surface area contributed by atoms with Gasteiger partial charge in [0.15, 0.2) is 0 Å². The first-order valence-electron chi connectivity index (χ1n) is 5.33. The van der Waals surface area contributed by atoms with Gasteiger partial charge in [-0.3, -0.25) is 0 Å². The average molecular weight is 199 g/mol. The van der Waals surface area contributed by atoms with Crippen LogP contribution in [-0.2, 0) is 0 Å². The van der Waals surface area contributed by atoms with E-state index in [2.05, 4.69) is 36.4 Å². The molecule has 0 unspecified atom stereocenters. The van der Waals surface area contributed by atoms with Crippen LogP contribution in [0.15, 0.2) is 42.5 Å². The van der Waals surface area contributed by atoms with Gasteiger partial charge in [0.05, 0.1) is 0 Å². The largest absolute Gasteiger partial charge is 0.406 e. The molecule has 0 amide bonds. The van der Waals surface area contributed by atoms with Crippen LogP contribution in [-0.4, -0.2) is 18.2 Å². The second kappa shape index (κ2) is 3.55. The molecule has 2 aromatic rings. The molecule has 1 heterocycles. The summed E-state index contributed by atoms with van der Waals surface area (Å²) in [4.78, 5) is 5.69. The lowest BCUT2D eigenvalue weighted by Crippen LogP contribution is -2.39. The van der Waals surface area contributed by atoms with Crippen molar-refractivity contribution < 1.29 is 4.84 Å². The maximum absolute atomic E-state index is 5.69. The van der Waals surface area contributed by atoms with Crippen LogP contribution in [0.1, 0.15) is 6.42 Å². The highest BCUT2D eigenvalue weighted by atomic mass is 16.7. The summed E-state index contributed by atoms with van der Waals surface area (Å²) in [6.07, 6.45) is 1.24. The molecule has 1 saturated heterocycles. The van der Waals surface area contributed by atoms with Crippen molar-refractivity contribution in [3.63, 3.8) is 0 Å². The quantitative estimate of drug-likeness (QED) is 0.737. The van der Waals surface area contributed by atoms with Crippen molar-refractivity contribution in [3.05, 3.63) is 42.5 Å². The van der Waals surface area contributed by atoms with Crippen molar-refractivity contribution in [1.82, 2.24) is 5.06 Å². The molecule has 0 spiro atoms. The molecule has 0 bridgehead atoms. The first kappa shape index (κ1) is 8.74. The average Bonchev–Trinajstić information content (AvgIpc) is 2.23. The van der Waals surface area contributed by atoms with E-state index in [9.17, 15) is 0 Å². The van der Waals surface area contributed by atoms with E-state index in [0.29, 0.717) is 0 Å². The van der Waals surface area contributed by atoms with Crippen LogP contribution in [0.25, 0.3) is 10.8 Å². The third-order valence-corrected chi connectivity index (χ3v) is 2.77. The molecule has 2 nitrogen and oxygen atoms in total. The summed E-state index contributed by atoms with van der Waals surface area (Å²) in [7, 11) is 0. The fourth-order valence-electron chi connectivity index (χ4n) is 1.75. The highest BCUT2D eigenvalue weighted by molar-refractivity contribution is 5.83. The number of hydrogen-bond acceptors (Lipinski definition) is 2. The fourth-order valence-corrected chi connectivity index (χ4v) is 1.75. The van der Waals surface area contributed by atoms with E-state index < -0.39 is 0 Å². The van der Waals surface area contributed by atoms with Gasteiger partial charge in [0, 0.05) is 13.1 Å².